The Labute approximate surface area is 78.5 Å². The van der Waals surface area contributed by atoms with E-state index in [1.54, 1.807) is 0 Å². The normalized spacial score (nSPS) is 19.1. The number of hydrogen-bond acceptors (Lipinski definition) is 8. The molecule has 0 unspecified atom stereocenters. The Kier molecular flexibility index (Phi) is 2.70. The molecule has 0 aliphatic carbocycles. The molecule has 0 atom stereocenters. The number of cyclic esters (lactones) is 1. The first kappa shape index (κ1) is 10.4. The van der Waals surface area contributed by atoms with Gasteiger partial charge >= 0.3 is 18.0 Å². The van der Waals surface area contributed by atoms with Crippen LogP contribution in [0, 0.1) is 0 Å². The van der Waals surface area contributed by atoms with Gasteiger partial charge in [0.15, 0.2) is 0 Å². The quantitative estimate of drug-likeness (QED) is 0.260. The maximum Gasteiger partial charge on any atom is 0.378 e. The topological polar surface area (TPSA) is 140 Å². The van der Waals surface area contributed by atoms with Crippen molar-refractivity contribution in [1.82, 2.24) is 0 Å². The fourth-order valence-corrected chi connectivity index (χ4v) is 0.844. The molecule has 1 heterocycles. The summed E-state index contributed by atoms with van der Waals surface area (Å²) in [5.41, 5.74) is 10.3. The minimum atomic E-state index is -2.06. The standard InChI is InChI=1S/C6H9N3O5/c7-6(8)12-3(1-4(10)13-6)2-5(11)14-9/h1H,2,7-9H2. The maximum absolute atomic E-state index is 10.8. The predicted molar refractivity (Wildman–Crippen MR) is 41.3 cm³/mol. The van der Waals surface area contributed by atoms with Gasteiger partial charge in [0, 0.05) is 0 Å². The minimum Gasteiger partial charge on any atom is -0.431 e. The molecule has 6 N–H and O–H groups in total. The zero-order valence-corrected chi connectivity index (χ0v) is 7.06. The molecule has 1 aliphatic heterocycles. The van der Waals surface area contributed by atoms with Crippen molar-refractivity contribution in [2.45, 2.75) is 12.5 Å². The number of nitrogens with two attached hydrogens (primary N) is 3. The molecule has 0 spiro atoms. The van der Waals surface area contributed by atoms with Crippen molar-refractivity contribution < 1.29 is 23.9 Å². The van der Waals surface area contributed by atoms with Gasteiger partial charge in [-0.25, -0.2) is 21.1 Å². The summed E-state index contributed by atoms with van der Waals surface area (Å²) in [5.74, 6) is 2.92. The fourth-order valence-electron chi connectivity index (χ4n) is 0.844. The van der Waals surface area contributed by atoms with E-state index in [0.29, 0.717) is 0 Å². The highest BCUT2D eigenvalue weighted by atomic mass is 16.8. The molecule has 1 rings (SSSR count). The molecular weight excluding hydrogens is 194 g/mol. The van der Waals surface area contributed by atoms with E-state index in [1.807, 2.05) is 0 Å². The summed E-state index contributed by atoms with van der Waals surface area (Å²) < 4.78 is 9.09. The van der Waals surface area contributed by atoms with Crippen LogP contribution in [-0.2, 0) is 23.9 Å². The summed E-state index contributed by atoms with van der Waals surface area (Å²) in [4.78, 5) is 25.4. The number of carbonyl (C=O) groups excluding carboxylic acids is 2. The van der Waals surface area contributed by atoms with Crippen LogP contribution in [0.5, 0.6) is 0 Å². The first-order valence-corrected chi connectivity index (χ1v) is 3.53. The smallest absolute Gasteiger partial charge is 0.378 e. The summed E-state index contributed by atoms with van der Waals surface area (Å²) in [6.45, 7) is 0. The van der Waals surface area contributed by atoms with Gasteiger partial charge < -0.3 is 14.3 Å². The van der Waals surface area contributed by atoms with E-state index in [0.717, 1.165) is 6.08 Å². The van der Waals surface area contributed by atoms with Gasteiger partial charge in [-0.1, -0.05) is 0 Å². The lowest BCUT2D eigenvalue weighted by Crippen LogP contribution is -2.56. The van der Waals surface area contributed by atoms with Crippen molar-refractivity contribution in [1.29, 1.82) is 0 Å². The Bertz CT molecular complexity index is 298. The first-order chi connectivity index (χ1) is 6.43. The van der Waals surface area contributed by atoms with Gasteiger partial charge in [0.2, 0.25) is 0 Å². The highest BCUT2D eigenvalue weighted by Crippen LogP contribution is 2.16. The van der Waals surface area contributed by atoms with Crippen molar-refractivity contribution >= 4 is 11.9 Å². The zero-order chi connectivity index (χ0) is 10.8. The Morgan fingerprint density at radius 1 is 1.50 bits per heavy atom. The first-order valence-electron chi connectivity index (χ1n) is 3.53. The van der Waals surface area contributed by atoms with Crippen LogP contribution in [0.1, 0.15) is 6.42 Å². The number of esters is 1. The van der Waals surface area contributed by atoms with Crippen molar-refractivity contribution in [3.05, 3.63) is 11.8 Å². The summed E-state index contributed by atoms with van der Waals surface area (Å²) in [5, 5.41) is 0. The van der Waals surface area contributed by atoms with Crippen LogP contribution < -0.4 is 17.4 Å². The molecule has 8 heteroatoms. The van der Waals surface area contributed by atoms with Gasteiger partial charge in [0.1, 0.15) is 12.2 Å². The monoisotopic (exact) mass is 203 g/mol. The summed E-state index contributed by atoms with van der Waals surface area (Å²) >= 11 is 0. The van der Waals surface area contributed by atoms with Crippen LogP contribution in [0.4, 0.5) is 0 Å². The van der Waals surface area contributed by atoms with Crippen molar-refractivity contribution in [2.24, 2.45) is 17.4 Å². The summed E-state index contributed by atoms with van der Waals surface area (Å²) in [7, 11) is 0. The second-order valence-corrected chi connectivity index (χ2v) is 2.52. The van der Waals surface area contributed by atoms with Gasteiger partial charge in [-0.2, -0.15) is 5.90 Å². The molecule has 0 bridgehead atoms. The molecule has 0 fully saturated rings. The van der Waals surface area contributed by atoms with Crippen LogP contribution in [-0.4, -0.2) is 18.0 Å². The molecule has 0 amide bonds. The van der Waals surface area contributed by atoms with Crippen molar-refractivity contribution in [3.8, 4) is 0 Å². The van der Waals surface area contributed by atoms with Crippen molar-refractivity contribution in [2.75, 3.05) is 0 Å². The number of hydrogen-bond donors (Lipinski definition) is 3. The molecular formula is C6H9N3O5. The van der Waals surface area contributed by atoms with Crippen molar-refractivity contribution in [3.63, 3.8) is 0 Å². The third kappa shape index (κ3) is 2.69. The van der Waals surface area contributed by atoms with Gasteiger partial charge in [-0.05, 0) is 0 Å². The molecule has 0 aromatic rings. The van der Waals surface area contributed by atoms with Gasteiger partial charge in [0.25, 0.3) is 0 Å². The molecule has 0 saturated carbocycles. The van der Waals surface area contributed by atoms with Crippen LogP contribution in [0.3, 0.4) is 0 Å². The third-order valence-electron chi connectivity index (χ3n) is 1.28. The molecule has 8 nitrogen and oxygen atoms in total. The van der Waals surface area contributed by atoms with E-state index in [-0.39, 0.29) is 12.2 Å². The van der Waals surface area contributed by atoms with E-state index in [9.17, 15) is 9.59 Å². The molecule has 0 radical (unpaired) electrons. The van der Waals surface area contributed by atoms with E-state index < -0.39 is 18.0 Å². The number of carbonyl (C=O) groups is 2. The molecule has 0 aromatic heterocycles. The fraction of sp³-hybridized carbons (Fsp3) is 0.333. The maximum atomic E-state index is 10.8. The summed E-state index contributed by atoms with van der Waals surface area (Å²) in [6, 6.07) is -2.06. The molecule has 78 valence electrons. The van der Waals surface area contributed by atoms with Gasteiger partial charge in [-0.3, -0.25) is 0 Å². The highest BCUT2D eigenvalue weighted by Gasteiger charge is 2.32. The molecule has 0 aromatic carbocycles. The highest BCUT2D eigenvalue weighted by molar-refractivity contribution is 5.85. The van der Waals surface area contributed by atoms with E-state index in [4.69, 9.17) is 16.2 Å². The lowest BCUT2D eigenvalue weighted by atomic mass is 10.3. The van der Waals surface area contributed by atoms with Gasteiger partial charge in [0.05, 0.1) is 6.08 Å². The predicted octanol–water partition coefficient (Wildman–Crippen LogP) is -2.22. The van der Waals surface area contributed by atoms with Crippen LogP contribution in [0.15, 0.2) is 11.8 Å². The van der Waals surface area contributed by atoms with Crippen LogP contribution >= 0.6 is 0 Å². The van der Waals surface area contributed by atoms with E-state index in [2.05, 4.69) is 15.5 Å². The van der Waals surface area contributed by atoms with Gasteiger partial charge in [-0.15, -0.1) is 0 Å². The van der Waals surface area contributed by atoms with E-state index in [1.165, 1.54) is 0 Å². The second kappa shape index (κ2) is 3.62. The van der Waals surface area contributed by atoms with Crippen LogP contribution in [0.2, 0.25) is 0 Å². The lowest BCUT2D eigenvalue weighted by molar-refractivity contribution is -0.217. The SMILES string of the molecule is NOC(=O)CC1=CC(=O)OC(N)(N)O1. The number of ether oxygens (including phenoxy) is 2. The zero-order valence-electron chi connectivity index (χ0n) is 7.06. The Morgan fingerprint density at radius 3 is 2.64 bits per heavy atom. The Morgan fingerprint density at radius 2 is 2.14 bits per heavy atom. The van der Waals surface area contributed by atoms with Crippen LogP contribution in [0.25, 0.3) is 0 Å². The molecule has 14 heavy (non-hydrogen) atoms. The third-order valence-corrected chi connectivity index (χ3v) is 1.28. The largest absolute Gasteiger partial charge is 0.431 e. The minimum absolute atomic E-state index is 0.0679. The Balaban J connectivity index is 2.70. The lowest BCUT2D eigenvalue weighted by Gasteiger charge is -2.28. The Hall–Kier alpha value is -1.64. The van der Waals surface area contributed by atoms with E-state index >= 15 is 0 Å². The molecule has 1 aliphatic rings. The summed E-state index contributed by atoms with van der Waals surface area (Å²) in [6.07, 6.45) is 0.580. The molecule has 0 saturated heterocycles. The average molecular weight is 203 g/mol. The second-order valence-electron chi connectivity index (χ2n) is 2.52. The number of rotatable bonds is 2. The average Bonchev–Trinajstić information content (AvgIpc) is 1.99.